The standard InChI is InChI=1S/C25H26N2O5/c1-3-32-25(30)18-6-10-20(11-7-18)27-23(28)15-22(24(27)29)26-14-4-5-19(16-26)17-8-12-21(31-2)13-9-17/h6-13,15,19H,3-5,14,16H2,1-2H3/t19-/m0/s1. The molecule has 1 saturated heterocycles. The second-order valence-electron chi connectivity index (χ2n) is 7.83. The van der Waals surface area contributed by atoms with E-state index in [1.165, 1.54) is 11.6 Å². The third-order valence-electron chi connectivity index (χ3n) is 5.89. The Bertz CT molecular complexity index is 1040. The third-order valence-corrected chi connectivity index (χ3v) is 5.89. The van der Waals surface area contributed by atoms with Crippen LogP contribution in [0.3, 0.4) is 0 Å². The smallest absolute Gasteiger partial charge is 0.338 e. The first-order chi connectivity index (χ1) is 15.5. The van der Waals surface area contributed by atoms with Crippen molar-refractivity contribution in [2.45, 2.75) is 25.7 Å². The van der Waals surface area contributed by atoms with Gasteiger partial charge in [-0.2, -0.15) is 0 Å². The Hall–Kier alpha value is -3.61. The number of amides is 2. The van der Waals surface area contributed by atoms with E-state index in [-0.39, 0.29) is 24.3 Å². The summed E-state index contributed by atoms with van der Waals surface area (Å²) in [6, 6.07) is 14.3. The molecular weight excluding hydrogens is 408 g/mol. The second-order valence-corrected chi connectivity index (χ2v) is 7.83. The zero-order valence-electron chi connectivity index (χ0n) is 18.2. The first-order valence-corrected chi connectivity index (χ1v) is 10.8. The van der Waals surface area contributed by atoms with Crippen molar-refractivity contribution in [3.63, 3.8) is 0 Å². The molecule has 7 heteroatoms. The van der Waals surface area contributed by atoms with Gasteiger partial charge in [0, 0.05) is 25.1 Å². The van der Waals surface area contributed by atoms with Gasteiger partial charge in [-0.1, -0.05) is 12.1 Å². The molecule has 4 rings (SSSR count). The summed E-state index contributed by atoms with van der Waals surface area (Å²) in [7, 11) is 1.64. The number of esters is 1. The average Bonchev–Trinajstić information content (AvgIpc) is 3.13. The SMILES string of the molecule is CCOC(=O)c1ccc(N2C(=O)C=C(N3CCC[C@H](c4ccc(OC)cc4)C3)C2=O)cc1. The minimum Gasteiger partial charge on any atom is -0.497 e. The molecule has 0 aromatic heterocycles. The highest BCUT2D eigenvalue weighted by Gasteiger charge is 2.37. The van der Waals surface area contributed by atoms with E-state index < -0.39 is 5.97 Å². The average molecular weight is 434 g/mol. The van der Waals surface area contributed by atoms with E-state index in [1.807, 2.05) is 17.0 Å². The van der Waals surface area contributed by atoms with Gasteiger partial charge in [0.2, 0.25) is 0 Å². The molecule has 0 radical (unpaired) electrons. The molecule has 166 valence electrons. The number of carbonyl (C=O) groups excluding carboxylic acids is 3. The summed E-state index contributed by atoms with van der Waals surface area (Å²) in [4.78, 5) is 40.8. The summed E-state index contributed by atoms with van der Waals surface area (Å²) >= 11 is 0. The summed E-state index contributed by atoms with van der Waals surface area (Å²) in [5, 5.41) is 0. The van der Waals surface area contributed by atoms with Crippen LogP contribution in [0.4, 0.5) is 5.69 Å². The molecule has 0 saturated carbocycles. The molecule has 2 heterocycles. The lowest BCUT2D eigenvalue weighted by molar-refractivity contribution is -0.121. The van der Waals surface area contributed by atoms with Crippen molar-refractivity contribution in [3.8, 4) is 5.75 Å². The molecule has 7 nitrogen and oxygen atoms in total. The van der Waals surface area contributed by atoms with Gasteiger partial charge in [-0.25, -0.2) is 9.69 Å². The van der Waals surface area contributed by atoms with Crippen molar-refractivity contribution in [1.82, 2.24) is 4.90 Å². The summed E-state index contributed by atoms with van der Waals surface area (Å²) in [5.41, 5.74) is 2.42. The monoisotopic (exact) mass is 434 g/mol. The van der Waals surface area contributed by atoms with Crippen molar-refractivity contribution in [2.75, 3.05) is 31.7 Å². The van der Waals surface area contributed by atoms with Gasteiger partial charge < -0.3 is 14.4 Å². The molecule has 0 aliphatic carbocycles. The van der Waals surface area contributed by atoms with Crippen LogP contribution < -0.4 is 9.64 Å². The number of carbonyl (C=O) groups is 3. The van der Waals surface area contributed by atoms with Gasteiger partial charge in [-0.15, -0.1) is 0 Å². The molecule has 1 fully saturated rings. The summed E-state index contributed by atoms with van der Waals surface area (Å²) in [6.07, 6.45) is 3.37. The molecule has 0 N–H and O–H groups in total. The molecule has 0 unspecified atom stereocenters. The quantitative estimate of drug-likeness (QED) is 0.512. The number of nitrogens with zero attached hydrogens (tertiary/aromatic N) is 2. The number of piperidine rings is 1. The lowest BCUT2D eigenvalue weighted by atomic mass is 9.90. The highest BCUT2D eigenvalue weighted by Crippen LogP contribution is 2.32. The number of benzene rings is 2. The normalized spacial score (nSPS) is 18.6. The molecule has 0 spiro atoms. The third kappa shape index (κ3) is 4.23. The van der Waals surface area contributed by atoms with Gasteiger partial charge in [0.05, 0.1) is 25.0 Å². The molecule has 2 amide bonds. The number of methoxy groups -OCH3 is 1. The number of rotatable bonds is 6. The molecule has 2 aliphatic heterocycles. The van der Waals surface area contributed by atoms with Crippen LogP contribution >= 0.6 is 0 Å². The van der Waals surface area contributed by atoms with E-state index in [0.717, 1.165) is 30.0 Å². The van der Waals surface area contributed by atoms with Crippen LogP contribution in [0, 0.1) is 0 Å². The summed E-state index contributed by atoms with van der Waals surface area (Å²) in [6.45, 7) is 3.42. The minimum atomic E-state index is -0.435. The van der Waals surface area contributed by atoms with Crippen LogP contribution in [0.15, 0.2) is 60.3 Å². The maximum absolute atomic E-state index is 13.2. The first-order valence-electron chi connectivity index (χ1n) is 10.8. The van der Waals surface area contributed by atoms with Crippen molar-refractivity contribution in [3.05, 3.63) is 71.4 Å². The predicted octanol–water partition coefficient (Wildman–Crippen LogP) is 3.51. The maximum atomic E-state index is 13.2. The molecule has 2 aliphatic rings. The van der Waals surface area contributed by atoms with E-state index in [9.17, 15) is 14.4 Å². The van der Waals surface area contributed by atoms with Crippen molar-refractivity contribution < 1.29 is 23.9 Å². The minimum absolute atomic E-state index is 0.274. The van der Waals surface area contributed by atoms with Crippen LogP contribution in [0.2, 0.25) is 0 Å². The van der Waals surface area contributed by atoms with Crippen LogP contribution in [0.25, 0.3) is 0 Å². The van der Waals surface area contributed by atoms with Crippen LogP contribution in [0.5, 0.6) is 5.75 Å². The van der Waals surface area contributed by atoms with Gasteiger partial charge >= 0.3 is 5.97 Å². The Morgan fingerprint density at radius 1 is 1.06 bits per heavy atom. The van der Waals surface area contributed by atoms with Gasteiger partial charge in [-0.3, -0.25) is 9.59 Å². The highest BCUT2D eigenvalue weighted by molar-refractivity contribution is 6.30. The fourth-order valence-corrected chi connectivity index (χ4v) is 4.23. The van der Waals surface area contributed by atoms with E-state index in [2.05, 4.69) is 12.1 Å². The molecule has 0 bridgehead atoms. The molecule has 2 aromatic carbocycles. The van der Waals surface area contributed by atoms with Gasteiger partial charge in [0.15, 0.2) is 0 Å². The van der Waals surface area contributed by atoms with Crippen LogP contribution in [-0.2, 0) is 14.3 Å². The number of hydrogen-bond donors (Lipinski definition) is 0. The van der Waals surface area contributed by atoms with Crippen LogP contribution in [0.1, 0.15) is 41.6 Å². The van der Waals surface area contributed by atoms with Crippen LogP contribution in [-0.4, -0.2) is 49.5 Å². The largest absolute Gasteiger partial charge is 0.497 e. The zero-order valence-corrected chi connectivity index (χ0v) is 18.2. The Balaban J connectivity index is 1.48. The van der Waals surface area contributed by atoms with Gasteiger partial charge in [0.25, 0.3) is 11.8 Å². The molecular formula is C25H26N2O5. The Kier molecular flexibility index (Phi) is 6.25. The summed E-state index contributed by atoms with van der Waals surface area (Å²) < 4.78 is 10.2. The number of anilines is 1. The van der Waals surface area contributed by atoms with E-state index >= 15 is 0 Å². The molecule has 32 heavy (non-hydrogen) atoms. The lowest BCUT2D eigenvalue weighted by Gasteiger charge is -2.35. The second kappa shape index (κ2) is 9.26. The van der Waals surface area contributed by atoms with Crippen molar-refractivity contribution in [1.29, 1.82) is 0 Å². The Morgan fingerprint density at radius 3 is 2.44 bits per heavy atom. The fourth-order valence-electron chi connectivity index (χ4n) is 4.23. The van der Waals surface area contributed by atoms with Crippen molar-refractivity contribution in [2.24, 2.45) is 0 Å². The Morgan fingerprint density at radius 2 is 1.78 bits per heavy atom. The summed E-state index contributed by atoms with van der Waals surface area (Å²) in [5.74, 6) is -0.0637. The van der Waals surface area contributed by atoms with Crippen molar-refractivity contribution >= 4 is 23.5 Å². The van der Waals surface area contributed by atoms with Gasteiger partial charge in [0.1, 0.15) is 11.4 Å². The molecule has 2 aromatic rings. The number of likely N-dealkylation sites (tertiary alicyclic amines) is 1. The van der Waals surface area contributed by atoms with Gasteiger partial charge in [-0.05, 0) is 61.7 Å². The Labute approximate surface area is 187 Å². The number of hydrogen-bond acceptors (Lipinski definition) is 6. The van der Waals surface area contributed by atoms with E-state index in [0.29, 0.717) is 23.5 Å². The molecule has 1 atom stereocenters. The highest BCUT2D eigenvalue weighted by atomic mass is 16.5. The number of ether oxygens (including phenoxy) is 2. The first kappa shape index (κ1) is 21.6. The number of imide groups is 1. The maximum Gasteiger partial charge on any atom is 0.338 e. The zero-order chi connectivity index (χ0) is 22.7. The lowest BCUT2D eigenvalue weighted by Crippen LogP contribution is -2.39. The van der Waals surface area contributed by atoms with E-state index in [4.69, 9.17) is 9.47 Å². The topological polar surface area (TPSA) is 76.2 Å². The van der Waals surface area contributed by atoms with E-state index in [1.54, 1.807) is 38.3 Å². The fraction of sp³-hybridized carbons (Fsp3) is 0.320. The predicted molar refractivity (Wildman–Crippen MR) is 120 cm³/mol.